The molecule has 3 aromatic heterocycles. The highest BCUT2D eigenvalue weighted by Gasteiger charge is 2.20. The SMILES string of the molecule is CC(=O)N1CCN(c2ccc(Nc3nc(NCC4CCNCC4)c4c(-c5ccncc5)c[nH]c4n3)cc2)CC1. The first-order chi connectivity index (χ1) is 19.1. The second-order valence-corrected chi connectivity index (χ2v) is 10.3. The molecule has 4 N–H and O–H groups in total. The maximum atomic E-state index is 11.6. The molecule has 0 saturated carbocycles. The maximum absolute atomic E-state index is 11.6. The fraction of sp³-hybridized carbons (Fsp3) is 0.379. The van der Waals surface area contributed by atoms with Gasteiger partial charge in [-0.15, -0.1) is 0 Å². The molecule has 0 bridgehead atoms. The highest BCUT2D eigenvalue weighted by atomic mass is 16.2. The molecule has 0 spiro atoms. The third-order valence-electron chi connectivity index (χ3n) is 7.75. The third kappa shape index (κ3) is 5.65. The average Bonchev–Trinajstić information content (AvgIpc) is 3.42. The normalized spacial score (nSPS) is 16.4. The van der Waals surface area contributed by atoms with Crippen LogP contribution in [0.3, 0.4) is 0 Å². The Bertz CT molecular complexity index is 1410. The highest BCUT2D eigenvalue weighted by Crippen LogP contribution is 2.34. The van der Waals surface area contributed by atoms with Crippen LogP contribution >= 0.6 is 0 Å². The number of H-pyrrole nitrogens is 1. The molecule has 0 aliphatic carbocycles. The Hall–Kier alpha value is -4.18. The number of fused-ring (bicyclic) bond motifs is 1. The summed E-state index contributed by atoms with van der Waals surface area (Å²) >= 11 is 0. The van der Waals surface area contributed by atoms with Crippen LogP contribution in [0.25, 0.3) is 22.2 Å². The number of nitrogens with one attached hydrogen (secondary N) is 4. The third-order valence-corrected chi connectivity index (χ3v) is 7.75. The molecule has 10 nitrogen and oxygen atoms in total. The van der Waals surface area contributed by atoms with Crippen molar-refractivity contribution in [2.24, 2.45) is 5.92 Å². The van der Waals surface area contributed by atoms with Crippen molar-refractivity contribution in [2.45, 2.75) is 19.8 Å². The minimum absolute atomic E-state index is 0.144. The van der Waals surface area contributed by atoms with Gasteiger partial charge in [-0.25, -0.2) is 0 Å². The molecule has 6 rings (SSSR count). The van der Waals surface area contributed by atoms with Crippen molar-refractivity contribution in [2.75, 3.05) is 61.3 Å². The molecule has 0 unspecified atom stereocenters. The first kappa shape index (κ1) is 25.1. The van der Waals surface area contributed by atoms with E-state index in [4.69, 9.17) is 9.97 Å². The van der Waals surface area contributed by atoms with Gasteiger partial charge in [-0.05, 0) is 73.8 Å². The standard InChI is InChI=1S/C29H35N9O/c1-20(39)37-14-16-38(17-15-37)24-4-2-23(3-5-24)34-29-35-27(32-18-21-6-10-30-11-7-21)26-25(19-33-28(26)36-29)22-8-12-31-13-9-22/h2-5,8-9,12-13,19,21,30H,6-7,10-11,14-18H2,1H3,(H3,32,33,34,35,36). The Morgan fingerprint density at radius 1 is 1.00 bits per heavy atom. The number of amides is 1. The van der Waals surface area contributed by atoms with Crippen LogP contribution in [0.5, 0.6) is 0 Å². The first-order valence-electron chi connectivity index (χ1n) is 13.8. The van der Waals surface area contributed by atoms with Crippen molar-refractivity contribution in [1.29, 1.82) is 0 Å². The summed E-state index contributed by atoms with van der Waals surface area (Å²) in [4.78, 5) is 33.1. The van der Waals surface area contributed by atoms with Crippen LogP contribution in [0.1, 0.15) is 19.8 Å². The first-order valence-corrected chi connectivity index (χ1v) is 13.8. The fourth-order valence-electron chi connectivity index (χ4n) is 5.47. The van der Waals surface area contributed by atoms with Gasteiger partial charge in [0.15, 0.2) is 0 Å². The van der Waals surface area contributed by atoms with Gasteiger partial charge in [0, 0.05) is 75.2 Å². The van der Waals surface area contributed by atoms with Gasteiger partial charge in [0.2, 0.25) is 11.9 Å². The van der Waals surface area contributed by atoms with E-state index in [1.54, 1.807) is 19.3 Å². The molecular formula is C29H35N9O. The number of anilines is 4. The molecule has 5 heterocycles. The number of piperidine rings is 1. The number of carbonyl (C=O) groups is 1. The van der Waals surface area contributed by atoms with Gasteiger partial charge in [0.1, 0.15) is 11.5 Å². The van der Waals surface area contributed by atoms with Crippen LogP contribution in [0.15, 0.2) is 55.0 Å². The summed E-state index contributed by atoms with van der Waals surface area (Å²) in [5.74, 6) is 2.13. The van der Waals surface area contributed by atoms with Gasteiger partial charge < -0.3 is 30.7 Å². The molecule has 39 heavy (non-hydrogen) atoms. The minimum atomic E-state index is 0.144. The van der Waals surface area contributed by atoms with Gasteiger partial charge >= 0.3 is 0 Å². The summed E-state index contributed by atoms with van der Waals surface area (Å²) in [6, 6.07) is 12.3. The van der Waals surface area contributed by atoms with Crippen molar-refractivity contribution in [3.8, 4) is 11.1 Å². The van der Waals surface area contributed by atoms with Gasteiger partial charge in [-0.1, -0.05) is 0 Å². The zero-order valence-corrected chi connectivity index (χ0v) is 22.3. The lowest BCUT2D eigenvalue weighted by Crippen LogP contribution is -2.48. The van der Waals surface area contributed by atoms with Crippen molar-refractivity contribution in [3.63, 3.8) is 0 Å². The molecule has 0 radical (unpaired) electrons. The van der Waals surface area contributed by atoms with Gasteiger partial charge in [0.05, 0.1) is 5.39 Å². The number of pyridine rings is 1. The monoisotopic (exact) mass is 525 g/mol. The van der Waals surface area contributed by atoms with E-state index in [0.717, 1.165) is 98.0 Å². The predicted octanol–water partition coefficient (Wildman–Crippen LogP) is 3.84. The number of piperazine rings is 1. The molecule has 2 aliphatic heterocycles. The van der Waals surface area contributed by atoms with Crippen LogP contribution in [-0.4, -0.2) is 76.6 Å². The Labute approximate surface area is 228 Å². The lowest BCUT2D eigenvalue weighted by molar-refractivity contribution is -0.129. The summed E-state index contributed by atoms with van der Waals surface area (Å²) in [6.45, 7) is 7.83. The molecular weight excluding hydrogens is 490 g/mol. The number of rotatable bonds is 7. The van der Waals surface area contributed by atoms with Crippen molar-refractivity contribution >= 4 is 40.1 Å². The second-order valence-electron chi connectivity index (χ2n) is 10.3. The Kier molecular flexibility index (Phi) is 7.27. The molecule has 202 valence electrons. The smallest absolute Gasteiger partial charge is 0.231 e. The largest absolute Gasteiger partial charge is 0.369 e. The number of benzene rings is 1. The van der Waals surface area contributed by atoms with Crippen LogP contribution in [0.4, 0.5) is 23.1 Å². The predicted molar refractivity (Wildman–Crippen MR) is 155 cm³/mol. The molecule has 1 aromatic carbocycles. The number of hydrogen-bond donors (Lipinski definition) is 4. The van der Waals surface area contributed by atoms with Gasteiger partial charge in [-0.2, -0.15) is 9.97 Å². The molecule has 2 aliphatic rings. The van der Waals surface area contributed by atoms with Crippen molar-refractivity contribution in [3.05, 3.63) is 55.0 Å². The van der Waals surface area contributed by atoms with Crippen LogP contribution < -0.4 is 20.9 Å². The number of nitrogens with zero attached hydrogens (tertiary/aromatic N) is 5. The Balaban J connectivity index is 1.23. The topological polar surface area (TPSA) is 114 Å². The highest BCUT2D eigenvalue weighted by molar-refractivity contribution is 6.01. The molecule has 4 aromatic rings. The number of aromatic amines is 1. The van der Waals surface area contributed by atoms with Crippen molar-refractivity contribution in [1.82, 2.24) is 30.2 Å². The number of aromatic nitrogens is 4. The second kappa shape index (κ2) is 11.3. The van der Waals surface area contributed by atoms with E-state index in [1.807, 2.05) is 23.2 Å². The lowest BCUT2D eigenvalue weighted by Gasteiger charge is -2.35. The summed E-state index contributed by atoms with van der Waals surface area (Å²) in [5, 5.41) is 11.5. The quantitative estimate of drug-likeness (QED) is 0.288. The van der Waals surface area contributed by atoms with E-state index in [1.165, 1.54) is 0 Å². The van der Waals surface area contributed by atoms with E-state index in [9.17, 15) is 4.79 Å². The molecule has 2 fully saturated rings. The molecule has 2 saturated heterocycles. The zero-order chi connectivity index (χ0) is 26.6. The van der Waals surface area contributed by atoms with E-state index in [2.05, 4.69) is 55.1 Å². The fourth-order valence-corrected chi connectivity index (χ4v) is 5.47. The summed E-state index contributed by atoms with van der Waals surface area (Å²) < 4.78 is 0. The zero-order valence-electron chi connectivity index (χ0n) is 22.3. The van der Waals surface area contributed by atoms with Crippen LogP contribution in [-0.2, 0) is 4.79 Å². The number of carbonyl (C=O) groups excluding carboxylic acids is 1. The minimum Gasteiger partial charge on any atom is -0.369 e. The van der Waals surface area contributed by atoms with Crippen molar-refractivity contribution < 1.29 is 4.79 Å². The molecule has 10 heteroatoms. The van der Waals surface area contributed by atoms with Gasteiger partial charge in [-0.3, -0.25) is 9.78 Å². The van der Waals surface area contributed by atoms with E-state index >= 15 is 0 Å². The van der Waals surface area contributed by atoms with Gasteiger partial charge in [0.25, 0.3) is 0 Å². The van der Waals surface area contributed by atoms with E-state index in [-0.39, 0.29) is 5.91 Å². The Morgan fingerprint density at radius 3 is 2.46 bits per heavy atom. The van der Waals surface area contributed by atoms with Crippen LogP contribution in [0, 0.1) is 5.92 Å². The van der Waals surface area contributed by atoms with E-state index < -0.39 is 0 Å². The summed E-state index contributed by atoms with van der Waals surface area (Å²) in [5.41, 5.74) is 4.99. The molecule has 0 atom stereocenters. The van der Waals surface area contributed by atoms with E-state index in [0.29, 0.717) is 11.9 Å². The molecule has 1 amide bonds. The summed E-state index contributed by atoms with van der Waals surface area (Å²) in [7, 11) is 0. The van der Waals surface area contributed by atoms with Crippen LogP contribution in [0.2, 0.25) is 0 Å². The Morgan fingerprint density at radius 2 is 1.74 bits per heavy atom. The average molecular weight is 526 g/mol. The lowest BCUT2D eigenvalue weighted by atomic mass is 9.98. The number of hydrogen-bond acceptors (Lipinski definition) is 8. The maximum Gasteiger partial charge on any atom is 0.231 e. The summed E-state index contributed by atoms with van der Waals surface area (Å²) in [6.07, 6.45) is 7.93.